The normalized spacial score (nSPS) is 13.6. The van der Waals surface area contributed by atoms with Crippen molar-refractivity contribution in [3.05, 3.63) is 175 Å². The Morgan fingerprint density at radius 3 is 1.81 bits per heavy atom. The van der Waals surface area contributed by atoms with Crippen LogP contribution >= 0.6 is 0 Å². The van der Waals surface area contributed by atoms with Gasteiger partial charge in [-0.2, -0.15) is 0 Å². The van der Waals surface area contributed by atoms with Gasteiger partial charge >= 0.3 is 0 Å². The van der Waals surface area contributed by atoms with Crippen LogP contribution < -0.4 is 0 Å². The molecule has 2 nitrogen and oxygen atoms in total. The smallest absolute Gasteiger partial charge is 0.135 e. The zero-order chi connectivity index (χ0) is 35.0. The molecule has 0 aliphatic heterocycles. The van der Waals surface area contributed by atoms with Crippen LogP contribution in [0.1, 0.15) is 25.0 Å². The van der Waals surface area contributed by atoms with Gasteiger partial charge in [-0.3, -0.25) is 0 Å². The minimum atomic E-state index is -0.131. The quantitative estimate of drug-likeness (QED) is 0.171. The Kier molecular flexibility index (Phi) is 5.60. The fraction of sp³-hybridized carbons (Fsp3) is 0.0588. The van der Waals surface area contributed by atoms with Gasteiger partial charge in [0.2, 0.25) is 0 Å². The van der Waals surface area contributed by atoms with Gasteiger partial charge in [-0.25, -0.2) is 0 Å². The summed E-state index contributed by atoms with van der Waals surface area (Å²) in [5, 5.41) is 11.4. The molecule has 0 fully saturated rings. The maximum atomic E-state index is 6.18. The molecule has 53 heavy (non-hydrogen) atoms. The van der Waals surface area contributed by atoms with E-state index >= 15 is 0 Å². The van der Waals surface area contributed by atoms with Crippen LogP contribution in [-0.4, -0.2) is 4.57 Å². The van der Waals surface area contributed by atoms with E-state index in [2.05, 4.69) is 170 Å². The van der Waals surface area contributed by atoms with Gasteiger partial charge in [0.1, 0.15) is 11.2 Å². The lowest BCUT2D eigenvalue weighted by molar-refractivity contribution is 0.666. The van der Waals surface area contributed by atoms with Crippen molar-refractivity contribution in [1.29, 1.82) is 0 Å². The van der Waals surface area contributed by atoms with E-state index in [0.29, 0.717) is 0 Å². The number of furan rings is 1. The molecule has 1 aliphatic carbocycles. The van der Waals surface area contributed by atoms with Crippen LogP contribution in [-0.2, 0) is 5.41 Å². The number of hydrogen-bond donors (Lipinski definition) is 0. The van der Waals surface area contributed by atoms with Crippen LogP contribution in [0.5, 0.6) is 0 Å². The molecule has 9 aromatic carbocycles. The maximum absolute atomic E-state index is 6.18. The lowest BCUT2D eigenvalue weighted by atomic mass is 9.81. The van der Waals surface area contributed by atoms with Crippen molar-refractivity contribution < 1.29 is 4.42 Å². The Balaban J connectivity index is 1.09. The van der Waals surface area contributed by atoms with Crippen LogP contribution in [0.25, 0.3) is 104 Å². The highest BCUT2D eigenvalue weighted by molar-refractivity contribution is 6.28. The summed E-state index contributed by atoms with van der Waals surface area (Å²) >= 11 is 0. The van der Waals surface area contributed by atoms with Crippen LogP contribution in [0.15, 0.2) is 168 Å². The first-order valence-electron chi connectivity index (χ1n) is 18.5. The van der Waals surface area contributed by atoms with Gasteiger partial charge in [0.25, 0.3) is 0 Å². The molecule has 2 heterocycles. The van der Waals surface area contributed by atoms with Gasteiger partial charge in [0.05, 0.1) is 11.2 Å². The first-order chi connectivity index (χ1) is 26.0. The van der Waals surface area contributed by atoms with Crippen molar-refractivity contribution in [3.63, 3.8) is 0 Å². The average Bonchev–Trinajstić information content (AvgIpc) is 3.83. The van der Waals surface area contributed by atoms with Gasteiger partial charge in [-0.1, -0.05) is 135 Å². The van der Waals surface area contributed by atoms with Crippen LogP contribution in [0.3, 0.4) is 0 Å². The Hall–Kier alpha value is -6.64. The third-order valence-electron chi connectivity index (χ3n) is 12.1. The minimum absolute atomic E-state index is 0.131. The predicted octanol–water partition coefficient (Wildman–Crippen LogP) is 14.1. The van der Waals surface area contributed by atoms with Crippen molar-refractivity contribution in [3.8, 4) is 39.2 Å². The Morgan fingerprint density at radius 2 is 1.06 bits per heavy atom. The molecule has 12 rings (SSSR count). The highest BCUT2D eigenvalue weighted by atomic mass is 16.3. The van der Waals surface area contributed by atoms with Crippen molar-refractivity contribution >= 4 is 65.2 Å². The summed E-state index contributed by atoms with van der Waals surface area (Å²) in [5.74, 6) is 0. The predicted molar refractivity (Wildman–Crippen MR) is 223 cm³/mol. The molecule has 0 atom stereocenters. The molecule has 0 N–H and O–H groups in total. The second-order valence-corrected chi connectivity index (χ2v) is 15.3. The van der Waals surface area contributed by atoms with E-state index in [1.165, 1.54) is 93.5 Å². The standard InChI is InChI=1S/C51H33NO/c1-51(2)43-14-8-6-13-40(43)50-49(51)42-29-32(20-26-44(42)52(50)34-10-4-3-5-11-34)35-22-16-30-19-25-39-36(23-17-31-18-24-38(35)47(30)48(31)39)33-21-27-46-41(28-33)37-12-7-9-15-45(37)53-46/h3-29H,1-2H3. The molecule has 0 saturated carbocycles. The topological polar surface area (TPSA) is 18.1 Å². The first kappa shape index (κ1) is 29.0. The van der Waals surface area contributed by atoms with Crippen LogP contribution in [0, 0.1) is 0 Å². The van der Waals surface area contributed by atoms with E-state index in [0.717, 1.165) is 21.9 Å². The third-order valence-corrected chi connectivity index (χ3v) is 12.1. The van der Waals surface area contributed by atoms with Crippen LogP contribution in [0.4, 0.5) is 0 Å². The molecule has 11 aromatic rings. The average molecular weight is 676 g/mol. The van der Waals surface area contributed by atoms with Crippen LogP contribution in [0.2, 0.25) is 0 Å². The lowest BCUT2D eigenvalue weighted by Gasteiger charge is -2.21. The molecular formula is C51H33NO. The molecule has 2 aromatic heterocycles. The van der Waals surface area contributed by atoms with E-state index in [-0.39, 0.29) is 5.41 Å². The molecule has 0 amide bonds. The minimum Gasteiger partial charge on any atom is -0.456 e. The summed E-state index contributed by atoms with van der Waals surface area (Å²) < 4.78 is 8.66. The molecule has 0 radical (unpaired) electrons. The fourth-order valence-electron chi connectivity index (χ4n) is 9.76. The third kappa shape index (κ3) is 3.82. The van der Waals surface area contributed by atoms with Crippen molar-refractivity contribution in [1.82, 2.24) is 4.57 Å². The molecule has 2 heteroatoms. The van der Waals surface area contributed by atoms with Crippen molar-refractivity contribution in [2.45, 2.75) is 19.3 Å². The maximum Gasteiger partial charge on any atom is 0.135 e. The highest BCUT2D eigenvalue weighted by Gasteiger charge is 2.40. The van der Waals surface area contributed by atoms with E-state index in [1.807, 2.05) is 12.1 Å². The van der Waals surface area contributed by atoms with Gasteiger partial charge < -0.3 is 8.98 Å². The second-order valence-electron chi connectivity index (χ2n) is 15.3. The summed E-state index contributed by atoms with van der Waals surface area (Å²) in [6.07, 6.45) is 0. The lowest BCUT2D eigenvalue weighted by Crippen LogP contribution is -2.14. The molecule has 0 unspecified atom stereocenters. The number of rotatable bonds is 3. The second kappa shape index (κ2) is 10.2. The van der Waals surface area contributed by atoms with Gasteiger partial charge in [0.15, 0.2) is 0 Å². The number of aromatic nitrogens is 1. The van der Waals surface area contributed by atoms with Crippen molar-refractivity contribution in [2.24, 2.45) is 0 Å². The van der Waals surface area contributed by atoms with Crippen molar-refractivity contribution in [2.75, 3.05) is 0 Å². The van der Waals surface area contributed by atoms with E-state index in [9.17, 15) is 0 Å². The Morgan fingerprint density at radius 1 is 0.453 bits per heavy atom. The van der Waals surface area contributed by atoms with Gasteiger partial charge in [0, 0.05) is 32.8 Å². The highest BCUT2D eigenvalue weighted by Crippen LogP contribution is 2.54. The monoisotopic (exact) mass is 675 g/mol. The number of para-hydroxylation sites is 2. The fourth-order valence-corrected chi connectivity index (χ4v) is 9.76. The van der Waals surface area contributed by atoms with Gasteiger partial charge in [-0.15, -0.1) is 0 Å². The van der Waals surface area contributed by atoms with E-state index < -0.39 is 0 Å². The number of benzene rings is 9. The van der Waals surface area contributed by atoms with Gasteiger partial charge in [-0.05, 0) is 108 Å². The zero-order valence-corrected chi connectivity index (χ0v) is 29.4. The number of nitrogens with zero attached hydrogens (tertiary/aromatic N) is 1. The molecule has 248 valence electrons. The summed E-state index contributed by atoms with van der Waals surface area (Å²) in [5.41, 5.74) is 14.5. The molecule has 0 bridgehead atoms. The zero-order valence-electron chi connectivity index (χ0n) is 29.4. The summed E-state index contributed by atoms with van der Waals surface area (Å²) in [6, 6.07) is 60.4. The first-order valence-corrected chi connectivity index (χ1v) is 18.5. The molecular weight excluding hydrogens is 643 g/mol. The number of hydrogen-bond acceptors (Lipinski definition) is 1. The van der Waals surface area contributed by atoms with E-state index in [1.54, 1.807) is 0 Å². The molecule has 0 saturated heterocycles. The molecule has 0 spiro atoms. The number of fused-ring (bicyclic) bond motifs is 8. The summed E-state index contributed by atoms with van der Waals surface area (Å²) in [7, 11) is 0. The Labute approximate surface area is 306 Å². The SMILES string of the molecule is CC1(C)c2ccccc2-c2c1c1cc(-c3ccc4ccc5c(-c6ccc7oc8ccccc8c7c6)ccc6ccc3c4c65)ccc1n2-c1ccccc1. The summed E-state index contributed by atoms with van der Waals surface area (Å²) in [4.78, 5) is 0. The Bertz CT molecular complexity index is 3300. The molecule has 1 aliphatic rings. The largest absolute Gasteiger partial charge is 0.456 e. The van der Waals surface area contributed by atoms with E-state index in [4.69, 9.17) is 4.42 Å². The summed E-state index contributed by atoms with van der Waals surface area (Å²) in [6.45, 7) is 4.78.